The van der Waals surface area contributed by atoms with Gasteiger partial charge in [0.05, 0.1) is 0 Å². The Morgan fingerprint density at radius 3 is 1.29 bits per heavy atom. The van der Waals surface area contributed by atoms with Crippen molar-refractivity contribution in [3.8, 4) is 0 Å². The van der Waals surface area contributed by atoms with Crippen LogP contribution in [0.2, 0.25) is 0 Å². The molecule has 0 spiro atoms. The molecule has 4 aliphatic rings. The molecule has 6 rings (SSSR count). The number of benzene rings is 2. The molecule has 0 aromatic heterocycles. The molecular formula is C31H40. The van der Waals surface area contributed by atoms with E-state index < -0.39 is 0 Å². The zero-order valence-corrected chi connectivity index (χ0v) is 19.2. The van der Waals surface area contributed by atoms with E-state index in [4.69, 9.17) is 0 Å². The van der Waals surface area contributed by atoms with E-state index in [9.17, 15) is 0 Å². The Kier molecular flexibility index (Phi) is 5.45. The maximum absolute atomic E-state index is 2.51. The third kappa shape index (κ3) is 3.15. The molecule has 4 saturated carbocycles. The highest BCUT2D eigenvalue weighted by Gasteiger charge is 2.61. The Labute approximate surface area is 189 Å². The fourth-order valence-electron chi connectivity index (χ4n) is 9.43. The average molecular weight is 413 g/mol. The zero-order valence-electron chi connectivity index (χ0n) is 19.2. The summed E-state index contributed by atoms with van der Waals surface area (Å²) in [6.45, 7) is 0. The lowest BCUT2D eigenvalue weighted by molar-refractivity contribution is 0.0965. The normalized spacial score (nSPS) is 33.7. The maximum atomic E-state index is 2.51. The predicted molar refractivity (Wildman–Crippen MR) is 130 cm³/mol. The van der Waals surface area contributed by atoms with Crippen LogP contribution in [0.25, 0.3) is 0 Å². The van der Waals surface area contributed by atoms with Crippen LogP contribution in [0.5, 0.6) is 0 Å². The first-order chi connectivity index (χ1) is 15.4. The Bertz CT molecular complexity index is 785. The summed E-state index contributed by atoms with van der Waals surface area (Å²) in [4.78, 5) is 0. The zero-order chi connectivity index (χ0) is 20.7. The highest BCUT2D eigenvalue weighted by molar-refractivity contribution is 5.43. The van der Waals surface area contributed by atoms with Gasteiger partial charge in [-0.2, -0.15) is 0 Å². The fraction of sp³-hybridized carbons (Fsp3) is 0.613. The molecule has 0 bridgehead atoms. The second-order valence-corrected chi connectivity index (χ2v) is 11.3. The van der Waals surface area contributed by atoms with Crippen LogP contribution in [0.4, 0.5) is 0 Å². The van der Waals surface area contributed by atoms with Gasteiger partial charge >= 0.3 is 0 Å². The maximum Gasteiger partial charge on any atom is 0.0264 e. The molecule has 2 aromatic carbocycles. The van der Waals surface area contributed by atoms with Gasteiger partial charge in [-0.1, -0.05) is 99.2 Å². The van der Waals surface area contributed by atoms with Gasteiger partial charge in [0.25, 0.3) is 0 Å². The molecular weight excluding hydrogens is 372 g/mol. The first kappa shape index (κ1) is 20.1. The first-order valence-electron chi connectivity index (χ1n) is 13.5. The molecule has 2 aromatic rings. The standard InChI is InChI=1S/C31H40/c1-3-13-23(14-4-1)31(25-17-7-8-18-25,24-15-5-2-6-16-24)30-28-21-11-9-19-26(28)27-20-10-12-22-29(27)30/h1-6,13-16,25-30H,7-12,17-22H2/t26-,27?,28-,29?,30?/m1/s1. The summed E-state index contributed by atoms with van der Waals surface area (Å²) in [5.74, 6) is 5.57. The van der Waals surface area contributed by atoms with E-state index in [2.05, 4.69) is 60.7 Å². The van der Waals surface area contributed by atoms with Gasteiger partial charge in [-0.25, -0.2) is 0 Å². The van der Waals surface area contributed by atoms with Gasteiger partial charge in [-0.05, 0) is 85.2 Å². The number of rotatable bonds is 4. The van der Waals surface area contributed by atoms with Crippen molar-refractivity contribution in [3.63, 3.8) is 0 Å². The molecule has 0 N–H and O–H groups in total. The number of hydrogen-bond acceptors (Lipinski definition) is 0. The van der Waals surface area contributed by atoms with Gasteiger partial charge in [-0.3, -0.25) is 0 Å². The minimum Gasteiger partial charge on any atom is -0.0622 e. The van der Waals surface area contributed by atoms with Gasteiger partial charge in [0.2, 0.25) is 0 Å². The van der Waals surface area contributed by atoms with Crippen LogP contribution in [-0.4, -0.2) is 0 Å². The molecule has 0 heteroatoms. The summed E-state index contributed by atoms with van der Waals surface area (Å²) < 4.78 is 0. The van der Waals surface area contributed by atoms with E-state index in [1.54, 1.807) is 11.1 Å². The highest BCUT2D eigenvalue weighted by atomic mass is 14.6. The summed E-state index contributed by atoms with van der Waals surface area (Å²) in [5, 5.41) is 0. The molecule has 31 heavy (non-hydrogen) atoms. The van der Waals surface area contributed by atoms with Crippen LogP contribution in [-0.2, 0) is 5.41 Å². The van der Waals surface area contributed by atoms with Crippen molar-refractivity contribution in [2.75, 3.05) is 0 Å². The summed E-state index contributed by atoms with van der Waals surface area (Å²) in [6, 6.07) is 23.8. The minimum atomic E-state index is 0.218. The lowest BCUT2D eigenvalue weighted by atomic mass is 9.52. The molecule has 5 atom stereocenters. The van der Waals surface area contributed by atoms with E-state index in [0.29, 0.717) is 0 Å². The second kappa shape index (κ2) is 8.42. The Balaban J connectivity index is 1.59. The Morgan fingerprint density at radius 1 is 0.452 bits per heavy atom. The minimum absolute atomic E-state index is 0.218. The van der Waals surface area contributed by atoms with Crippen molar-refractivity contribution < 1.29 is 0 Å². The molecule has 0 aliphatic heterocycles. The van der Waals surface area contributed by atoms with E-state index >= 15 is 0 Å². The molecule has 0 nitrogen and oxygen atoms in total. The molecule has 164 valence electrons. The quantitative estimate of drug-likeness (QED) is 0.473. The molecule has 0 amide bonds. The second-order valence-electron chi connectivity index (χ2n) is 11.3. The van der Waals surface area contributed by atoms with Crippen molar-refractivity contribution in [3.05, 3.63) is 71.8 Å². The summed E-state index contributed by atoms with van der Waals surface area (Å²) in [7, 11) is 0. The third-order valence-electron chi connectivity index (χ3n) is 10.3. The predicted octanol–water partition coefficient (Wildman–Crippen LogP) is 8.41. The van der Waals surface area contributed by atoms with Crippen molar-refractivity contribution in [2.45, 2.75) is 82.5 Å². The number of hydrogen-bond donors (Lipinski definition) is 0. The average Bonchev–Trinajstić information content (AvgIpc) is 3.49. The van der Waals surface area contributed by atoms with Crippen molar-refractivity contribution >= 4 is 0 Å². The van der Waals surface area contributed by atoms with Crippen LogP contribution < -0.4 is 0 Å². The van der Waals surface area contributed by atoms with E-state index in [1.165, 1.54) is 77.0 Å². The van der Waals surface area contributed by atoms with Gasteiger partial charge in [0, 0.05) is 5.41 Å². The molecule has 3 unspecified atom stereocenters. The SMILES string of the molecule is c1ccc(C(c2ccccc2)(C2CCCC2)C2C3CCCCC3[C@H]3CCCC[C@@H]23)cc1. The van der Waals surface area contributed by atoms with Crippen LogP contribution in [0, 0.1) is 35.5 Å². The summed E-state index contributed by atoms with van der Waals surface area (Å²) in [6.07, 6.45) is 17.7. The van der Waals surface area contributed by atoms with Crippen molar-refractivity contribution in [1.29, 1.82) is 0 Å². The Hall–Kier alpha value is -1.56. The summed E-state index contributed by atoms with van der Waals surface area (Å²) >= 11 is 0. The van der Waals surface area contributed by atoms with Crippen molar-refractivity contribution in [1.82, 2.24) is 0 Å². The van der Waals surface area contributed by atoms with E-state index in [-0.39, 0.29) is 5.41 Å². The van der Waals surface area contributed by atoms with Crippen LogP contribution in [0.3, 0.4) is 0 Å². The monoisotopic (exact) mass is 412 g/mol. The third-order valence-corrected chi connectivity index (χ3v) is 10.3. The molecule has 4 fully saturated rings. The van der Waals surface area contributed by atoms with Crippen molar-refractivity contribution in [2.24, 2.45) is 35.5 Å². The smallest absolute Gasteiger partial charge is 0.0264 e. The molecule has 4 aliphatic carbocycles. The summed E-state index contributed by atoms with van der Waals surface area (Å²) in [5.41, 5.74) is 3.51. The number of fused-ring (bicyclic) bond motifs is 3. The highest BCUT2D eigenvalue weighted by Crippen LogP contribution is 2.66. The molecule has 0 radical (unpaired) electrons. The lowest BCUT2D eigenvalue weighted by Crippen LogP contribution is -2.48. The fourth-order valence-corrected chi connectivity index (χ4v) is 9.43. The van der Waals surface area contributed by atoms with Gasteiger partial charge < -0.3 is 0 Å². The largest absolute Gasteiger partial charge is 0.0622 e. The topological polar surface area (TPSA) is 0 Å². The molecule has 0 saturated heterocycles. The van der Waals surface area contributed by atoms with Crippen LogP contribution >= 0.6 is 0 Å². The Morgan fingerprint density at radius 2 is 0.839 bits per heavy atom. The molecule has 0 heterocycles. The van der Waals surface area contributed by atoms with Gasteiger partial charge in [0.15, 0.2) is 0 Å². The first-order valence-corrected chi connectivity index (χ1v) is 13.5. The van der Waals surface area contributed by atoms with Gasteiger partial charge in [-0.15, -0.1) is 0 Å². The van der Waals surface area contributed by atoms with Gasteiger partial charge in [0.1, 0.15) is 0 Å². The van der Waals surface area contributed by atoms with E-state index in [0.717, 1.165) is 35.5 Å². The van der Waals surface area contributed by atoms with Crippen LogP contribution in [0.15, 0.2) is 60.7 Å². The van der Waals surface area contributed by atoms with Crippen LogP contribution in [0.1, 0.15) is 88.2 Å². The van der Waals surface area contributed by atoms with E-state index in [1.807, 2.05) is 0 Å². The lowest BCUT2D eigenvalue weighted by Gasteiger charge is -2.51.